The van der Waals surface area contributed by atoms with E-state index in [9.17, 15) is 4.39 Å². The van der Waals surface area contributed by atoms with Gasteiger partial charge >= 0.3 is 0 Å². The normalized spacial score (nSPS) is 21.5. The van der Waals surface area contributed by atoms with Gasteiger partial charge in [-0.05, 0) is 50.2 Å². The molecule has 0 saturated carbocycles. The van der Waals surface area contributed by atoms with Crippen molar-refractivity contribution in [2.24, 2.45) is 5.92 Å². The molecule has 3 aromatic rings. The molecule has 2 aromatic heterocycles. The number of fused-ring (bicyclic) bond motifs is 2. The van der Waals surface area contributed by atoms with Crippen molar-refractivity contribution in [2.45, 2.75) is 32.4 Å². The van der Waals surface area contributed by atoms with Crippen LogP contribution in [-0.2, 0) is 6.54 Å². The molecule has 0 spiro atoms. The summed E-state index contributed by atoms with van der Waals surface area (Å²) >= 11 is 0. The molecule has 2 saturated heterocycles. The molecule has 2 atom stereocenters. The molecular weight excluding hydrogens is 421 g/mol. The van der Waals surface area contributed by atoms with Gasteiger partial charge in [0.15, 0.2) is 11.4 Å². The molecule has 1 aromatic carbocycles. The second-order valence-corrected chi connectivity index (χ2v) is 9.33. The molecule has 0 bridgehead atoms. The van der Waals surface area contributed by atoms with Crippen molar-refractivity contribution in [2.75, 3.05) is 51.3 Å². The fourth-order valence-electron chi connectivity index (χ4n) is 4.93. The summed E-state index contributed by atoms with van der Waals surface area (Å²) < 4.78 is 25.2. The van der Waals surface area contributed by atoms with E-state index in [2.05, 4.69) is 44.9 Å². The second kappa shape index (κ2) is 9.65. The lowest BCUT2D eigenvalue weighted by molar-refractivity contribution is 0.0716. The van der Waals surface area contributed by atoms with Gasteiger partial charge in [0.05, 0.1) is 12.0 Å². The number of hydrogen-bond acceptors (Lipinski definition) is 7. The minimum atomic E-state index is -0.261. The first-order valence-corrected chi connectivity index (χ1v) is 11.9. The van der Waals surface area contributed by atoms with Gasteiger partial charge in [-0.2, -0.15) is 0 Å². The fraction of sp³-hybridized carbons (Fsp3) is 0.520. The molecule has 176 valence electrons. The zero-order valence-corrected chi connectivity index (χ0v) is 19.4. The molecule has 8 heteroatoms. The van der Waals surface area contributed by atoms with Crippen molar-refractivity contribution in [1.82, 2.24) is 19.9 Å². The number of piperidine rings is 1. The first kappa shape index (κ1) is 22.1. The number of pyridine rings is 1. The highest BCUT2D eigenvalue weighted by Gasteiger charge is 2.34. The van der Waals surface area contributed by atoms with Gasteiger partial charge in [0.2, 0.25) is 5.88 Å². The number of ether oxygens (including phenoxy) is 1. The lowest BCUT2D eigenvalue weighted by Crippen LogP contribution is -2.57. The minimum Gasteiger partial charge on any atom is -0.477 e. The summed E-state index contributed by atoms with van der Waals surface area (Å²) in [5.41, 5.74) is 1.83. The van der Waals surface area contributed by atoms with E-state index in [1.807, 2.05) is 12.3 Å². The van der Waals surface area contributed by atoms with E-state index in [0.29, 0.717) is 30.0 Å². The third kappa shape index (κ3) is 4.96. The number of benzene rings is 1. The number of piperazine rings is 1. The van der Waals surface area contributed by atoms with Crippen LogP contribution in [0.4, 0.5) is 10.2 Å². The molecule has 0 amide bonds. The van der Waals surface area contributed by atoms with E-state index in [-0.39, 0.29) is 5.82 Å². The van der Waals surface area contributed by atoms with Crippen LogP contribution in [0.3, 0.4) is 0 Å². The Morgan fingerprint density at radius 1 is 1.18 bits per heavy atom. The second-order valence-electron chi connectivity index (χ2n) is 9.33. The molecule has 5 rings (SSSR count). The molecule has 0 N–H and O–H groups in total. The maximum absolute atomic E-state index is 13.7. The number of aromatic nitrogens is 2. The number of hydrogen-bond donors (Lipinski definition) is 0. The monoisotopic (exact) mass is 453 g/mol. The lowest BCUT2D eigenvalue weighted by Gasteiger charge is -2.46. The van der Waals surface area contributed by atoms with Crippen LogP contribution < -0.4 is 9.64 Å². The van der Waals surface area contributed by atoms with Gasteiger partial charge in [-0.25, -0.2) is 9.37 Å². The van der Waals surface area contributed by atoms with Crippen LogP contribution in [0.5, 0.6) is 5.88 Å². The quantitative estimate of drug-likeness (QED) is 0.539. The summed E-state index contributed by atoms with van der Waals surface area (Å²) in [6.07, 6.45) is 4.16. The first-order chi connectivity index (χ1) is 16.1. The minimum absolute atomic E-state index is 0.261. The van der Waals surface area contributed by atoms with Crippen LogP contribution in [0, 0.1) is 11.7 Å². The van der Waals surface area contributed by atoms with Crippen LogP contribution in [-0.4, -0.2) is 72.4 Å². The number of nitrogens with zero attached hydrogens (tertiary/aromatic N) is 5. The topological polar surface area (TPSA) is 57.9 Å². The average molecular weight is 454 g/mol. The maximum atomic E-state index is 13.7. The summed E-state index contributed by atoms with van der Waals surface area (Å²) in [5.74, 6) is 1.70. The molecule has 2 aliphatic heterocycles. The molecule has 4 heterocycles. The van der Waals surface area contributed by atoms with Crippen LogP contribution in [0.15, 0.2) is 41.1 Å². The highest BCUT2D eigenvalue weighted by atomic mass is 19.1. The summed E-state index contributed by atoms with van der Waals surface area (Å²) in [7, 11) is 2.11. The van der Waals surface area contributed by atoms with Crippen LogP contribution >= 0.6 is 0 Å². The Hall–Kier alpha value is -2.71. The summed E-state index contributed by atoms with van der Waals surface area (Å²) in [6.45, 7) is 8.51. The van der Waals surface area contributed by atoms with E-state index in [0.717, 1.165) is 63.3 Å². The Labute approximate surface area is 194 Å². The molecule has 0 radical (unpaired) electrons. The number of halogens is 1. The van der Waals surface area contributed by atoms with Gasteiger partial charge in [-0.1, -0.05) is 18.1 Å². The summed E-state index contributed by atoms with van der Waals surface area (Å²) in [6, 6.07) is 9.13. The van der Waals surface area contributed by atoms with E-state index in [4.69, 9.17) is 9.26 Å². The predicted octanol–water partition coefficient (Wildman–Crippen LogP) is 3.79. The van der Waals surface area contributed by atoms with Crippen molar-refractivity contribution in [1.29, 1.82) is 0 Å². The molecule has 2 aliphatic rings. The fourth-order valence-corrected chi connectivity index (χ4v) is 4.93. The highest BCUT2D eigenvalue weighted by Crippen LogP contribution is 2.31. The molecule has 0 aliphatic carbocycles. The van der Waals surface area contributed by atoms with Gasteiger partial charge in [-0.15, -0.1) is 0 Å². The lowest BCUT2D eigenvalue weighted by atomic mass is 9.91. The third-order valence-electron chi connectivity index (χ3n) is 6.97. The third-order valence-corrected chi connectivity index (χ3v) is 6.97. The van der Waals surface area contributed by atoms with Crippen molar-refractivity contribution >= 4 is 16.8 Å². The van der Waals surface area contributed by atoms with Crippen LogP contribution in [0.1, 0.15) is 25.3 Å². The summed E-state index contributed by atoms with van der Waals surface area (Å²) in [5, 5.41) is 4.99. The van der Waals surface area contributed by atoms with Crippen molar-refractivity contribution in [3.63, 3.8) is 0 Å². The van der Waals surface area contributed by atoms with E-state index in [1.165, 1.54) is 17.7 Å². The zero-order chi connectivity index (χ0) is 22.8. The Kier molecular flexibility index (Phi) is 6.46. The average Bonchev–Trinajstić information content (AvgIpc) is 3.26. The number of anilines is 1. The maximum Gasteiger partial charge on any atom is 0.213 e. The number of rotatable bonds is 7. The van der Waals surface area contributed by atoms with E-state index >= 15 is 0 Å². The molecular formula is C25H32FN5O2. The highest BCUT2D eigenvalue weighted by molar-refractivity contribution is 5.88. The Bertz CT molecular complexity index is 1070. The SMILES string of the molecule is CCN(C)Cc1ccc(OC[C@@H]2CC[C@H]3CN(c4noc5ccc(F)cc45)CCN3C2)nc1. The smallest absolute Gasteiger partial charge is 0.213 e. The van der Waals surface area contributed by atoms with Crippen LogP contribution in [0.25, 0.3) is 11.0 Å². The Morgan fingerprint density at radius 3 is 2.91 bits per heavy atom. The standard InChI is InChI=1S/C25H32FN5O2/c1-3-29(2)14-18-5-9-24(27-13-18)32-17-19-4-7-21-16-31(11-10-30(21)15-19)25-22-12-20(26)6-8-23(22)33-28-25/h5-6,8-9,12-13,19,21H,3-4,7,10-11,14-17H2,1-2H3/t19-,21+/m1/s1. The largest absolute Gasteiger partial charge is 0.477 e. The first-order valence-electron chi connectivity index (χ1n) is 11.9. The van der Waals surface area contributed by atoms with Gasteiger partial charge in [0.25, 0.3) is 0 Å². The van der Waals surface area contributed by atoms with Gasteiger partial charge in [0.1, 0.15) is 5.82 Å². The molecule has 2 fully saturated rings. The summed E-state index contributed by atoms with van der Waals surface area (Å²) in [4.78, 5) is 11.5. The van der Waals surface area contributed by atoms with Gasteiger partial charge in [0, 0.05) is 56.9 Å². The predicted molar refractivity (Wildman–Crippen MR) is 126 cm³/mol. The van der Waals surface area contributed by atoms with Gasteiger partial charge in [-0.3, -0.25) is 4.90 Å². The Balaban J connectivity index is 1.13. The van der Waals surface area contributed by atoms with Crippen LogP contribution in [0.2, 0.25) is 0 Å². The molecule has 33 heavy (non-hydrogen) atoms. The Morgan fingerprint density at radius 2 is 2.09 bits per heavy atom. The van der Waals surface area contributed by atoms with E-state index < -0.39 is 0 Å². The zero-order valence-electron chi connectivity index (χ0n) is 19.4. The van der Waals surface area contributed by atoms with Crippen molar-refractivity contribution in [3.8, 4) is 5.88 Å². The van der Waals surface area contributed by atoms with E-state index in [1.54, 1.807) is 6.07 Å². The van der Waals surface area contributed by atoms with Crippen molar-refractivity contribution < 1.29 is 13.7 Å². The molecule has 7 nitrogen and oxygen atoms in total. The molecule has 0 unspecified atom stereocenters. The van der Waals surface area contributed by atoms with Crippen molar-refractivity contribution in [3.05, 3.63) is 47.9 Å². The van der Waals surface area contributed by atoms with Gasteiger partial charge < -0.3 is 19.1 Å².